The second-order valence-corrected chi connectivity index (χ2v) is 16.7. The van der Waals surface area contributed by atoms with Crippen LogP contribution in [-0.4, -0.2) is 60.6 Å². The Morgan fingerprint density at radius 3 is 1.20 bits per heavy atom. The van der Waals surface area contributed by atoms with E-state index in [9.17, 15) is 19.2 Å². The van der Waals surface area contributed by atoms with Crippen molar-refractivity contribution < 1.29 is 19.2 Å². The highest BCUT2D eigenvalue weighted by Crippen LogP contribution is 2.22. The normalized spacial score (nSPS) is 12.7. The lowest BCUT2D eigenvalue weighted by Gasteiger charge is -2.20. The number of carbonyl (C=O) groups is 4. The van der Waals surface area contributed by atoms with Gasteiger partial charge >= 0.3 is 0 Å². The Bertz CT molecular complexity index is 2360. The van der Waals surface area contributed by atoms with E-state index in [0.717, 1.165) is 44.5 Å². The molecule has 2 amide bonds. The van der Waals surface area contributed by atoms with Gasteiger partial charge in [0.15, 0.2) is 11.6 Å². The fraction of sp³-hybridized carbons (Fsp3) is 0.286. The summed E-state index contributed by atoms with van der Waals surface area (Å²) in [6.45, 7) is 0.964. The highest BCUT2D eigenvalue weighted by Gasteiger charge is 2.25. The topological polar surface area (TPSA) is 196 Å². The fourth-order valence-corrected chi connectivity index (χ4v) is 7.62. The first-order valence-electron chi connectivity index (χ1n) is 23.1. The summed E-state index contributed by atoms with van der Waals surface area (Å²) in [7, 11) is 0. The van der Waals surface area contributed by atoms with E-state index in [1.165, 1.54) is 0 Å². The summed E-state index contributed by atoms with van der Waals surface area (Å²) in [6.07, 6.45) is 5.29. The van der Waals surface area contributed by atoms with E-state index in [1.54, 1.807) is 0 Å². The van der Waals surface area contributed by atoms with Crippen LogP contribution in [-0.2, 0) is 44.9 Å². The van der Waals surface area contributed by atoms with E-state index in [0.29, 0.717) is 64.5 Å². The predicted molar refractivity (Wildman–Crippen MR) is 267 cm³/mol. The monoisotopic (exact) mass is 887 g/mol. The average Bonchev–Trinajstić information content (AvgIpc) is 3.36. The Kier molecular flexibility index (Phi) is 21.2. The van der Waals surface area contributed by atoms with Crippen molar-refractivity contribution in [3.05, 3.63) is 192 Å². The van der Waals surface area contributed by atoms with Crippen molar-refractivity contribution in [2.45, 2.75) is 88.4 Å². The predicted octanol–water partition coefficient (Wildman–Crippen LogP) is 7.30. The molecule has 0 aliphatic heterocycles. The maximum Gasteiger partial charge on any atom is 0.237 e. The molecule has 0 heterocycles. The van der Waals surface area contributed by atoms with Gasteiger partial charge in [0, 0.05) is 12.8 Å². The number of hydrogen-bond acceptors (Lipinski definition) is 8. The Hall–Kier alpha value is -6.56. The van der Waals surface area contributed by atoms with E-state index in [1.807, 2.05) is 158 Å². The molecule has 66 heavy (non-hydrogen) atoms. The zero-order valence-corrected chi connectivity index (χ0v) is 37.9. The highest BCUT2D eigenvalue weighted by molar-refractivity contribution is 5.93. The van der Waals surface area contributed by atoms with Crippen molar-refractivity contribution >= 4 is 23.4 Å². The quantitative estimate of drug-likeness (QED) is 0.0364. The Labute approximate surface area is 390 Å². The molecule has 6 aromatic carbocycles. The van der Waals surface area contributed by atoms with Crippen LogP contribution < -0.4 is 33.6 Å². The van der Waals surface area contributed by atoms with Crippen molar-refractivity contribution in [1.82, 2.24) is 10.6 Å². The van der Waals surface area contributed by atoms with Crippen LogP contribution in [0.25, 0.3) is 22.3 Å². The number of nitrogens with two attached hydrogens (primary N) is 4. The van der Waals surface area contributed by atoms with E-state index >= 15 is 0 Å². The zero-order valence-electron chi connectivity index (χ0n) is 37.9. The molecule has 0 spiro atoms. The van der Waals surface area contributed by atoms with Crippen LogP contribution in [0.4, 0.5) is 0 Å². The largest absolute Gasteiger partial charge is 0.345 e. The number of benzene rings is 6. The summed E-state index contributed by atoms with van der Waals surface area (Å²) < 4.78 is 0. The Morgan fingerprint density at radius 1 is 0.394 bits per heavy atom. The average molecular weight is 887 g/mol. The standard InChI is InChI=1S/2C28H33N3O2/c29-18-8-15-25(30)28(33)31-26(17-16-21-9-3-1-4-10-21)27(32)20-22-11-7-14-24(19-22)23-12-5-2-6-13-23;29-19-7-12-25(30)28(33)31-26(18-15-21-8-3-1-4-9-21)27(32)20-22-13-16-24(17-14-22)23-10-5-2-6-11-23/h1-7,9-14,19,25-26H,8,15-18,20,29-30H2,(H,31,33);1-6,8-11,13-14,16-17,25-26H,7,12,15,18-20,29-30H2,(H,31,33)/t2*25-,26+/m00/s1. The number of nitrogens with one attached hydrogen (secondary N) is 2. The summed E-state index contributed by atoms with van der Waals surface area (Å²) in [4.78, 5) is 51.7. The zero-order chi connectivity index (χ0) is 46.9. The van der Waals surface area contributed by atoms with Crippen molar-refractivity contribution in [1.29, 1.82) is 0 Å². The van der Waals surface area contributed by atoms with Gasteiger partial charge in [-0.3, -0.25) is 19.2 Å². The van der Waals surface area contributed by atoms with Crippen LogP contribution in [0, 0.1) is 0 Å². The van der Waals surface area contributed by atoms with Crippen LogP contribution in [0.15, 0.2) is 170 Å². The van der Waals surface area contributed by atoms with Crippen molar-refractivity contribution in [2.24, 2.45) is 22.9 Å². The Balaban J connectivity index is 0.000000247. The molecular weight excluding hydrogens is 821 g/mol. The van der Waals surface area contributed by atoms with Gasteiger partial charge in [0.2, 0.25) is 11.8 Å². The van der Waals surface area contributed by atoms with Gasteiger partial charge < -0.3 is 33.6 Å². The van der Waals surface area contributed by atoms with Gasteiger partial charge in [0.25, 0.3) is 0 Å². The number of carbonyl (C=O) groups excluding carboxylic acids is 4. The molecule has 6 aromatic rings. The van der Waals surface area contributed by atoms with E-state index in [2.05, 4.69) is 22.8 Å². The van der Waals surface area contributed by atoms with Crippen LogP contribution in [0.2, 0.25) is 0 Å². The summed E-state index contributed by atoms with van der Waals surface area (Å²) in [5, 5.41) is 5.81. The van der Waals surface area contributed by atoms with Gasteiger partial charge in [-0.25, -0.2) is 0 Å². The number of rotatable bonds is 24. The smallest absolute Gasteiger partial charge is 0.237 e. The highest BCUT2D eigenvalue weighted by atomic mass is 16.2. The number of amides is 2. The van der Waals surface area contributed by atoms with Crippen LogP contribution in [0.3, 0.4) is 0 Å². The number of ketones is 2. The van der Waals surface area contributed by atoms with Crippen LogP contribution in [0.5, 0.6) is 0 Å². The molecule has 0 aromatic heterocycles. The van der Waals surface area contributed by atoms with E-state index in [-0.39, 0.29) is 36.2 Å². The fourth-order valence-electron chi connectivity index (χ4n) is 7.62. The first kappa shape index (κ1) is 50.4. The second kappa shape index (κ2) is 27.7. The minimum Gasteiger partial charge on any atom is -0.345 e. The maximum atomic E-state index is 13.3. The number of hydrogen-bond donors (Lipinski definition) is 6. The van der Waals surface area contributed by atoms with E-state index < -0.39 is 24.2 Å². The molecule has 10 nitrogen and oxygen atoms in total. The van der Waals surface area contributed by atoms with Gasteiger partial charge in [-0.05, 0) is 109 Å². The molecule has 0 aliphatic carbocycles. The van der Waals surface area contributed by atoms with Crippen LogP contribution in [0.1, 0.15) is 60.8 Å². The summed E-state index contributed by atoms with van der Waals surface area (Å²) in [6, 6.07) is 53.6. The van der Waals surface area contributed by atoms with Gasteiger partial charge in [-0.15, -0.1) is 0 Å². The van der Waals surface area contributed by atoms with Gasteiger partial charge in [0.1, 0.15) is 0 Å². The molecule has 6 rings (SSSR count). The molecule has 0 aliphatic rings. The number of Topliss-reactive ketones (excluding diaryl/α,β-unsaturated/α-hetero) is 2. The maximum absolute atomic E-state index is 13.3. The van der Waals surface area contributed by atoms with Gasteiger partial charge in [0.05, 0.1) is 24.2 Å². The van der Waals surface area contributed by atoms with Crippen molar-refractivity contribution in [2.75, 3.05) is 13.1 Å². The third-order valence-corrected chi connectivity index (χ3v) is 11.5. The lowest BCUT2D eigenvalue weighted by molar-refractivity contribution is -0.128. The molecule has 344 valence electrons. The first-order chi connectivity index (χ1) is 32.1. The van der Waals surface area contributed by atoms with Crippen molar-refractivity contribution in [3.63, 3.8) is 0 Å². The molecule has 10 N–H and O–H groups in total. The third-order valence-electron chi connectivity index (χ3n) is 11.5. The molecular formula is C56H66N6O4. The van der Waals surface area contributed by atoms with Gasteiger partial charge in [-0.2, -0.15) is 0 Å². The van der Waals surface area contributed by atoms with E-state index in [4.69, 9.17) is 22.9 Å². The molecule has 0 radical (unpaired) electrons. The summed E-state index contributed by atoms with van der Waals surface area (Å²) in [5.74, 6) is -0.629. The van der Waals surface area contributed by atoms with Crippen molar-refractivity contribution in [3.8, 4) is 22.3 Å². The second-order valence-electron chi connectivity index (χ2n) is 16.7. The molecule has 4 atom stereocenters. The minimum atomic E-state index is -0.665. The minimum absolute atomic E-state index is 0.0160. The molecule has 0 bridgehead atoms. The van der Waals surface area contributed by atoms with Crippen LogP contribution >= 0.6 is 0 Å². The molecule has 0 saturated heterocycles. The Morgan fingerprint density at radius 2 is 0.758 bits per heavy atom. The number of aryl methyl sites for hydroxylation is 2. The molecule has 0 unspecified atom stereocenters. The SMILES string of the molecule is NCCC[C@H](N)C(=O)N[C@H](CCc1ccccc1)C(=O)Cc1ccc(-c2ccccc2)cc1.NCCC[C@H](N)C(=O)N[C@H](CCc1ccccc1)C(=O)Cc1cccc(-c2ccccc2)c1. The summed E-state index contributed by atoms with van der Waals surface area (Å²) in [5.41, 5.74) is 31.6. The first-order valence-corrected chi connectivity index (χ1v) is 23.1. The van der Waals surface area contributed by atoms with Gasteiger partial charge in [-0.1, -0.05) is 170 Å². The third kappa shape index (κ3) is 17.1. The molecule has 10 heteroatoms. The lowest BCUT2D eigenvalue weighted by atomic mass is 9.95. The molecule has 0 saturated carbocycles. The lowest BCUT2D eigenvalue weighted by Crippen LogP contribution is -2.49. The molecule has 0 fully saturated rings. The summed E-state index contributed by atoms with van der Waals surface area (Å²) >= 11 is 0.